The van der Waals surface area contributed by atoms with Crippen LogP contribution in [0.5, 0.6) is 0 Å². The van der Waals surface area contributed by atoms with Crippen molar-refractivity contribution >= 4 is 5.91 Å². The quantitative estimate of drug-likeness (QED) is 0.821. The van der Waals surface area contributed by atoms with Crippen molar-refractivity contribution in [2.24, 2.45) is 11.1 Å². The van der Waals surface area contributed by atoms with Gasteiger partial charge in [0.05, 0.1) is 0 Å². The summed E-state index contributed by atoms with van der Waals surface area (Å²) in [6, 6.07) is 3.37. The normalized spacial score (nSPS) is 13.6. The van der Waals surface area contributed by atoms with E-state index in [0.29, 0.717) is 12.3 Å². The second kappa shape index (κ2) is 4.70. The first-order valence-electron chi connectivity index (χ1n) is 5.42. The molecule has 1 unspecified atom stereocenters. The molecule has 0 aliphatic rings. The van der Waals surface area contributed by atoms with Gasteiger partial charge in [0.15, 0.2) is 5.76 Å². The van der Waals surface area contributed by atoms with Gasteiger partial charge in [0, 0.05) is 12.6 Å². The highest BCUT2D eigenvalue weighted by molar-refractivity contribution is 5.91. The minimum absolute atomic E-state index is 0.0634. The van der Waals surface area contributed by atoms with Crippen molar-refractivity contribution in [3.8, 4) is 0 Å². The number of hydrogen-bond donors (Lipinski definition) is 2. The van der Waals surface area contributed by atoms with Crippen LogP contribution in [0.15, 0.2) is 16.5 Å². The molecular weight excluding hydrogens is 204 g/mol. The summed E-state index contributed by atoms with van der Waals surface area (Å²) in [6.45, 7) is 8.34. The lowest BCUT2D eigenvalue weighted by molar-refractivity contribution is 0.0876. The Labute approximate surface area is 96.2 Å². The summed E-state index contributed by atoms with van der Waals surface area (Å²) in [6.07, 6.45) is 0. The third-order valence-corrected chi connectivity index (χ3v) is 2.55. The van der Waals surface area contributed by atoms with Crippen LogP contribution in [0, 0.1) is 12.3 Å². The number of furan rings is 1. The van der Waals surface area contributed by atoms with E-state index in [4.69, 9.17) is 10.2 Å². The van der Waals surface area contributed by atoms with Crippen molar-refractivity contribution in [1.82, 2.24) is 5.32 Å². The first-order chi connectivity index (χ1) is 7.34. The molecule has 3 N–H and O–H groups in total. The van der Waals surface area contributed by atoms with Crippen molar-refractivity contribution in [3.05, 3.63) is 23.7 Å². The van der Waals surface area contributed by atoms with E-state index >= 15 is 0 Å². The van der Waals surface area contributed by atoms with Crippen molar-refractivity contribution < 1.29 is 9.21 Å². The molecule has 1 rings (SSSR count). The Morgan fingerprint density at radius 2 is 2.12 bits per heavy atom. The fourth-order valence-electron chi connectivity index (χ4n) is 1.41. The Kier molecular flexibility index (Phi) is 3.75. The average molecular weight is 224 g/mol. The van der Waals surface area contributed by atoms with Crippen LogP contribution in [0.3, 0.4) is 0 Å². The van der Waals surface area contributed by atoms with Gasteiger partial charge >= 0.3 is 0 Å². The number of nitrogens with one attached hydrogen (secondary N) is 1. The van der Waals surface area contributed by atoms with Crippen LogP contribution in [0.1, 0.15) is 37.1 Å². The zero-order valence-corrected chi connectivity index (χ0v) is 10.3. The standard InChI is InChI=1S/C12H20N2O2/c1-8-5-6-9(16-8)11(15)14-10(7-13)12(2,3)4/h5-6,10H,7,13H2,1-4H3,(H,14,15). The summed E-state index contributed by atoms with van der Waals surface area (Å²) in [4.78, 5) is 11.8. The summed E-state index contributed by atoms with van der Waals surface area (Å²) in [5.41, 5.74) is 5.58. The number of nitrogens with two attached hydrogens (primary N) is 1. The Morgan fingerprint density at radius 3 is 2.50 bits per heavy atom. The largest absolute Gasteiger partial charge is 0.456 e. The molecule has 0 saturated heterocycles. The number of aryl methyl sites for hydroxylation is 1. The molecule has 16 heavy (non-hydrogen) atoms. The monoisotopic (exact) mass is 224 g/mol. The molecule has 1 aromatic rings. The van der Waals surface area contributed by atoms with Crippen LogP contribution in [-0.4, -0.2) is 18.5 Å². The van der Waals surface area contributed by atoms with Crippen LogP contribution in [0.2, 0.25) is 0 Å². The molecule has 1 aromatic heterocycles. The molecule has 0 spiro atoms. The zero-order valence-electron chi connectivity index (χ0n) is 10.3. The van der Waals surface area contributed by atoms with Gasteiger partial charge in [-0.25, -0.2) is 0 Å². The third kappa shape index (κ3) is 3.10. The van der Waals surface area contributed by atoms with Gasteiger partial charge in [0.1, 0.15) is 5.76 Å². The number of hydrogen-bond acceptors (Lipinski definition) is 3. The molecule has 0 aromatic carbocycles. The Balaban J connectivity index is 2.70. The molecule has 0 fully saturated rings. The highest BCUT2D eigenvalue weighted by atomic mass is 16.3. The number of carbonyl (C=O) groups excluding carboxylic acids is 1. The maximum Gasteiger partial charge on any atom is 0.287 e. The van der Waals surface area contributed by atoms with E-state index in [1.807, 2.05) is 20.8 Å². The van der Waals surface area contributed by atoms with Crippen molar-refractivity contribution in [1.29, 1.82) is 0 Å². The molecule has 1 atom stereocenters. The van der Waals surface area contributed by atoms with Gasteiger partial charge in [-0.2, -0.15) is 0 Å². The van der Waals surface area contributed by atoms with E-state index in [1.165, 1.54) is 0 Å². The van der Waals surface area contributed by atoms with Crippen LogP contribution in [0.4, 0.5) is 0 Å². The molecule has 1 heterocycles. The van der Waals surface area contributed by atoms with Crippen molar-refractivity contribution in [3.63, 3.8) is 0 Å². The predicted octanol–water partition coefficient (Wildman–Crippen LogP) is 1.69. The lowest BCUT2D eigenvalue weighted by Gasteiger charge is -2.29. The minimum atomic E-state index is -0.210. The summed E-state index contributed by atoms with van der Waals surface area (Å²) >= 11 is 0. The summed E-state index contributed by atoms with van der Waals surface area (Å²) in [5, 5.41) is 2.88. The molecule has 4 nitrogen and oxygen atoms in total. The van der Waals surface area contributed by atoms with Crippen LogP contribution >= 0.6 is 0 Å². The first kappa shape index (κ1) is 12.8. The smallest absolute Gasteiger partial charge is 0.287 e. The van der Waals surface area contributed by atoms with E-state index in [2.05, 4.69) is 5.32 Å². The minimum Gasteiger partial charge on any atom is -0.456 e. The van der Waals surface area contributed by atoms with Crippen molar-refractivity contribution in [2.45, 2.75) is 33.7 Å². The number of carbonyl (C=O) groups is 1. The van der Waals surface area contributed by atoms with Gasteiger partial charge in [0.2, 0.25) is 0 Å². The second-order valence-corrected chi connectivity index (χ2v) is 5.04. The molecule has 0 aliphatic heterocycles. The van der Waals surface area contributed by atoms with Gasteiger partial charge < -0.3 is 15.5 Å². The number of rotatable bonds is 3. The Morgan fingerprint density at radius 1 is 1.50 bits per heavy atom. The van der Waals surface area contributed by atoms with Crippen LogP contribution < -0.4 is 11.1 Å². The summed E-state index contributed by atoms with van der Waals surface area (Å²) in [5.74, 6) is 0.851. The topological polar surface area (TPSA) is 68.3 Å². The summed E-state index contributed by atoms with van der Waals surface area (Å²) < 4.78 is 5.25. The van der Waals surface area contributed by atoms with Gasteiger partial charge in [-0.15, -0.1) is 0 Å². The SMILES string of the molecule is Cc1ccc(C(=O)NC(CN)C(C)(C)C)o1. The van der Waals surface area contributed by atoms with Crippen molar-refractivity contribution in [2.75, 3.05) is 6.54 Å². The molecule has 0 bridgehead atoms. The molecule has 1 amide bonds. The lowest BCUT2D eigenvalue weighted by Crippen LogP contribution is -2.48. The van der Waals surface area contributed by atoms with E-state index in [9.17, 15) is 4.79 Å². The molecule has 4 heteroatoms. The second-order valence-electron chi connectivity index (χ2n) is 5.04. The van der Waals surface area contributed by atoms with Crippen LogP contribution in [0.25, 0.3) is 0 Å². The summed E-state index contributed by atoms with van der Waals surface area (Å²) in [7, 11) is 0. The lowest BCUT2D eigenvalue weighted by atomic mass is 9.87. The zero-order chi connectivity index (χ0) is 12.3. The van der Waals surface area contributed by atoms with E-state index in [-0.39, 0.29) is 17.4 Å². The molecule has 0 saturated carbocycles. The van der Waals surface area contributed by atoms with Gasteiger partial charge in [-0.1, -0.05) is 20.8 Å². The molecular formula is C12H20N2O2. The van der Waals surface area contributed by atoms with Gasteiger partial charge in [-0.3, -0.25) is 4.79 Å². The van der Waals surface area contributed by atoms with Gasteiger partial charge in [-0.05, 0) is 24.5 Å². The molecule has 0 radical (unpaired) electrons. The Hall–Kier alpha value is -1.29. The maximum absolute atomic E-state index is 11.8. The average Bonchev–Trinajstić information content (AvgIpc) is 2.59. The molecule has 90 valence electrons. The maximum atomic E-state index is 11.8. The fraction of sp³-hybridized carbons (Fsp3) is 0.583. The third-order valence-electron chi connectivity index (χ3n) is 2.55. The first-order valence-corrected chi connectivity index (χ1v) is 5.42. The predicted molar refractivity (Wildman–Crippen MR) is 63.2 cm³/mol. The van der Waals surface area contributed by atoms with E-state index in [1.54, 1.807) is 19.1 Å². The Bertz CT molecular complexity index is 363. The van der Waals surface area contributed by atoms with E-state index < -0.39 is 0 Å². The van der Waals surface area contributed by atoms with Gasteiger partial charge in [0.25, 0.3) is 5.91 Å². The molecule has 0 aliphatic carbocycles. The van der Waals surface area contributed by atoms with Crippen LogP contribution in [-0.2, 0) is 0 Å². The number of amides is 1. The fourth-order valence-corrected chi connectivity index (χ4v) is 1.41. The highest BCUT2D eigenvalue weighted by Crippen LogP contribution is 2.19. The van der Waals surface area contributed by atoms with E-state index in [0.717, 1.165) is 5.76 Å². The highest BCUT2D eigenvalue weighted by Gasteiger charge is 2.26.